The summed E-state index contributed by atoms with van der Waals surface area (Å²) in [4.78, 5) is 7.28. The zero-order valence-electron chi connectivity index (χ0n) is 16.6. The summed E-state index contributed by atoms with van der Waals surface area (Å²) in [5, 5.41) is 3.73. The van der Waals surface area contributed by atoms with Crippen LogP contribution in [0, 0.1) is 6.92 Å². The van der Waals surface area contributed by atoms with E-state index in [1.54, 1.807) is 7.11 Å². The van der Waals surface area contributed by atoms with E-state index in [1.165, 1.54) is 19.3 Å². The van der Waals surface area contributed by atoms with Crippen LogP contribution in [0.1, 0.15) is 30.7 Å². The average molecular weight is 444 g/mol. The van der Waals surface area contributed by atoms with Gasteiger partial charge >= 0.3 is 0 Å². The Labute approximate surface area is 182 Å². The molecule has 3 aliphatic rings. The molecule has 0 amide bonds. The quantitative estimate of drug-likeness (QED) is 0.774. The first-order valence-electron chi connectivity index (χ1n) is 9.62. The molecule has 160 valence electrons. The number of fused-ring (bicyclic) bond motifs is 3. The highest BCUT2D eigenvalue weighted by Crippen LogP contribution is 2.44. The maximum absolute atomic E-state index is 5.99. The molecule has 29 heavy (non-hydrogen) atoms. The second-order valence-corrected chi connectivity index (χ2v) is 7.60. The molecule has 0 unspecified atom stereocenters. The van der Waals surface area contributed by atoms with Crippen molar-refractivity contribution in [1.29, 1.82) is 0 Å². The first kappa shape index (κ1) is 22.0. The van der Waals surface area contributed by atoms with Crippen molar-refractivity contribution in [3.8, 4) is 28.7 Å². The topological polar surface area (TPSA) is 69.0 Å². The number of aryl methyl sites for hydroxylation is 1. The maximum Gasteiger partial charge on any atom is 0.231 e. The Kier molecular flexibility index (Phi) is 6.83. The standard InChI is InChI=1S/C20H25N3O4.2ClH/c1-12-16(10-23-6-5-14-3-4-15(9-23)21-14)22-20(27-12)13-7-17(24-2)19-18(8-13)25-11-26-19;;/h7-8,14-15,21H,3-6,9-11H2,1-2H3;2*1H/t14-,15+;;/m1../s1. The third kappa shape index (κ3) is 4.28. The Hall–Kier alpha value is -1.67. The van der Waals surface area contributed by atoms with E-state index in [0.29, 0.717) is 35.2 Å². The van der Waals surface area contributed by atoms with E-state index in [1.807, 2.05) is 19.1 Å². The molecular weight excluding hydrogens is 417 g/mol. The van der Waals surface area contributed by atoms with Gasteiger partial charge in [0.1, 0.15) is 5.76 Å². The average Bonchev–Trinajstić information content (AvgIpc) is 3.35. The van der Waals surface area contributed by atoms with E-state index in [9.17, 15) is 0 Å². The van der Waals surface area contributed by atoms with Gasteiger partial charge in [-0.1, -0.05) is 0 Å². The molecule has 0 saturated carbocycles. The highest BCUT2D eigenvalue weighted by atomic mass is 35.5. The molecule has 0 radical (unpaired) electrons. The van der Waals surface area contributed by atoms with E-state index >= 15 is 0 Å². The van der Waals surface area contributed by atoms with Gasteiger partial charge in [0.05, 0.1) is 12.8 Å². The van der Waals surface area contributed by atoms with Crippen molar-refractivity contribution in [2.75, 3.05) is 27.0 Å². The van der Waals surface area contributed by atoms with Crippen molar-refractivity contribution in [2.24, 2.45) is 0 Å². The summed E-state index contributed by atoms with van der Waals surface area (Å²) in [6.07, 6.45) is 3.80. The van der Waals surface area contributed by atoms with Crippen LogP contribution in [0.25, 0.3) is 11.5 Å². The molecule has 9 heteroatoms. The second kappa shape index (κ2) is 9.00. The van der Waals surface area contributed by atoms with Crippen LogP contribution in [-0.2, 0) is 6.54 Å². The number of nitrogens with one attached hydrogen (secondary N) is 1. The monoisotopic (exact) mass is 443 g/mol. The number of likely N-dealkylation sites (tertiary alicyclic amines) is 1. The molecule has 2 atom stereocenters. The number of oxazole rings is 1. The third-order valence-electron chi connectivity index (χ3n) is 5.78. The van der Waals surface area contributed by atoms with Gasteiger partial charge in [0.2, 0.25) is 18.4 Å². The molecule has 5 rings (SSSR count). The van der Waals surface area contributed by atoms with Crippen molar-refractivity contribution in [3.05, 3.63) is 23.6 Å². The predicted octanol–water partition coefficient (Wildman–Crippen LogP) is 3.56. The van der Waals surface area contributed by atoms with Gasteiger partial charge in [0.25, 0.3) is 0 Å². The van der Waals surface area contributed by atoms with Gasteiger partial charge in [-0.15, -0.1) is 24.8 Å². The second-order valence-electron chi connectivity index (χ2n) is 7.60. The van der Waals surface area contributed by atoms with Crippen molar-refractivity contribution < 1.29 is 18.6 Å². The molecule has 7 nitrogen and oxygen atoms in total. The van der Waals surface area contributed by atoms with Gasteiger partial charge in [0.15, 0.2) is 11.5 Å². The largest absolute Gasteiger partial charge is 0.493 e. The van der Waals surface area contributed by atoms with Gasteiger partial charge in [-0.05, 0) is 38.3 Å². The summed E-state index contributed by atoms with van der Waals surface area (Å²) in [6.45, 7) is 5.19. The molecule has 0 spiro atoms. The van der Waals surface area contributed by atoms with E-state index in [2.05, 4.69) is 10.2 Å². The van der Waals surface area contributed by atoms with Crippen molar-refractivity contribution in [1.82, 2.24) is 15.2 Å². The van der Waals surface area contributed by atoms with Crippen LogP contribution in [0.2, 0.25) is 0 Å². The van der Waals surface area contributed by atoms with Gasteiger partial charge in [-0.25, -0.2) is 4.98 Å². The molecule has 3 aliphatic heterocycles. The van der Waals surface area contributed by atoms with E-state index < -0.39 is 0 Å². The van der Waals surface area contributed by atoms with Crippen LogP contribution in [0.4, 0.5) is 0 Å². The fourth-order valence-corrected chi connectivity index (χ4v) is 4.32. The summed E-state index contributed by atoms with van der Waals surface area (Å²) < 4.78 is 22.4. The Morgan fingerprint density at radius 1 is 1.17 bits per heavy atom. The van der Waals surface area contributed by atoms with Crippen LogP contribution in [0.5, 0.6) is 17.2 Å². The number of methoxy groups -OCH3 is 1. The number of halogens is 2. The summed E-state index contributed by atoms with van der Waals surface area (Å²) in [7, 11) is 1.62. The minimum absolute atomic E-state index is 0. The summed E-state index contributed by atoms with van der Waals surface area (Å²) in [5.41, 5.74) is 1.83. The lowest BCUT2D eigenvalue weighted by Gasteiger charge is -2.22. The number of ether oxygens (including phenoxy) is 3. The minimum atomic E-state index is 0. The van der Waals surface area contributed by atoms with Crippen LogP contribution < -0.4 is 19.5 Å². The van der Waals surface area contributed by atoms with E-state index in [0.717, 1.165) is 36.7 Å². The molecule has 1 N–H and O–H groups in total. The fraction of sp³-hybridized carbons (Fsp3) is 0.550. The van der Waals surface area contributed by atoms with Gasteiger partial charge < -0.3 is 23.9 Å². The zero-order chi connectivity index (χ0) is 18.4. The SMILES string of the molecule is COc1cc(-c2nc(CN3CC[C@H]4CC[C@@H](C3)N4)c(C)o2)cc2c1OCO2.Cl.Cl. The normalized spacial score (nSPS) is 22.6. The molecule has 2 bridgehead atoms. The van der Waals surface area contributed by atoms with E-state index in [4.69, 9.17) is 23.6 Å². The molecule has 0 aliphatic carbocycles. The summed E-state index contributed by atoms with van der Waals surface area (Å²) in [6, 6.07) is 5.09. The predicted molar refractivity (Wildman–Crippen MR) is 114 cm³/mol. The molecule has 2 aromatic rings. The third-order valence-corrected chi connectivity index (χ3v) is 5.78. The van der Waals surface area contributed by atoms with Gasteiger partial charge in [-0.3, -0.25) is 4.90 Å². The minimum Gasteiger partial charge on any atom is -0.493 e. The lowest BCUT2D eigenvalue weighted by Crippen LogP contribution is -2.35. The number of benzene rings is 1. The highest BCUT2D eigenvalue weighted by Gasteiger charge is 2.30. The molecule has 1 aromatic heterocycles. The molecule has 1 aromatic carbocycles. The van der Waals surface area contributed by atoms with Gasteiger partial charge in [0, 0.05) is 37.3 Å². The zero-order valence-corrected chi connectivity index (χ0v) is 18.2. The van der Waals surface area contributed by atoms with Crippen molar-refractivity contribution >= 4 is 24.8 Å². The Morgan fingerprint density at radius 2 is 2.00 bits per heavy atom. The molecular formula is C20H27Cl2N3O4. The van der Waals surface area contributed by atoms with Crippen LogP contribution in [-0.4, -0.2) is 49.0 Å². The smallest absolute Gasteiger partial charge is 0.231 e. The number of aromatic nitrogens is 1. The first-order valence-corrected chi connectivity index (χ1v) is 9.62. The summed E-state index contributed by atoms with van der Waals surface area (Å²) in [5.74, 6) is 3.39. The molecule has 4 heterocycles. The number of hydrogen-bond donors (Lipinski definition) is 1. The van der Waals surface area contributed by atoms with Crippen LogP contribution in [0.3, 0.4) is 0 Å². The summed E-state index contributed by atoms with van der Waals surface area (Å²) >= 11 is 0. The van der Waals surface area contributed by atoms with Crippen molar-refractivity contribution in [2.45, 2.75) is 44.8 Å². The first-order chi connectivity index (χ1) is 13.2. The van der Waals surface area contributed by atoms with Gasteiger partial charge in [-0.2, -0.15) is 0 Å². The number of nitrogens with zero attached hydrogens (tertiary/aromatic N) is 2. The van der Waals surface area contributed by atoms with Crippen LogP contribution >= 0.6 is 24.8 Å². The molecule has 2 saturated heterocycles. The Balaban J connectivity index is 0.00000120. The lowest BCUT2D eigenvalue weighted by molar-refractivity contribution is 0.171. The Morgan fingerprint density at radius 3 is 2.83 bits per heavy atom. The Bertz CT molecular complexity index is 860. The maximum atomic E-state index is 5.99. The lowest BCUT2D eigenvalue weighted by atomic mass is 10.1. The van der Waals surface area contributed by atoms with Crippen molar-refractivity contribution in [3.63, 3.8) is 0 Å². The van der Waals surface area contributed by atoms with E-state index in [-0.39, 0.29) is 31.6 Å². The molecule has 2 fully saturated rings. The number of hydrogen-bond acceptors (Lipinski definition) is 7. The fourth-order valence-electron chi connectivity index (χ4n) is 4.32. The van der Waals surface area contributed by atoms with Crippen LogP contribution in [0.15, 0.2) is 16.5 Å². The number of rotatable bonds is 4. The highest BCUT2D eigenvalue weighted by molar-refractivity contribution is 5.85.